The summed E-state index contributed by atoms with van der Waals surface area (Å²) in [6.45, 7) is 1.62. The van der Waals surface area contributed by atoms with Gasteiger partial charge in [0.2, 0.25) is 11.8 Å². The molecule has 64 heavy (non-hydrogen) atoms. The number of hydrogen-bond acceptors (Lipinski definition) is 18. The number of thiol groups is 1. The van der Waals surface area contributed by atoms with Gasteiger partial charge in [-0.25, -0.2) is 0 Å². The summed E-state index contributed by atoms with van der Waals surface area (Å²) in [5.74, 6) is -4.42. The molecule has 0 aromatic heterocycles. The lowest BCUT2D eigenvalue weighted by atomic mass is 10.1. The maximum atomic E-state index is 11.5. The summed E-state index contributed by atoms with van der Waals surface area (Å²) in [6.07, 6.45) is 2.63. The Hall–Kier alpha value is -6.69. The molecule has 2 unspecified atom stereocenters. The summed E-state index contributed by atoms with van der Waals surface area (Å²) >= 11 is 3.87. The highest BCUT2D eigenvalue weighted by Crippen LogP contribution is 2.27. The molecular weight excluding hydrogens is 859 g/mol. The molecule has 21 nitrogen and oxygen atoms in total. The molecule has 2 atom stereocenters. The van der Waals surface area contributed by atoms with Crippen LogP contribution >= 0.6 is 12.6 Å². The first kappa shape index (κ1) is 57.3. The molecule has 0 heterocycles. The highest BCUT2D eigenvalue weighted by molar-refractivity contribution is 7.80. The molecule has 4 aromatic carbocycles. The lowest BCUT2D eigenvalue weighted by Gasteiger charge is -2.16. The van der Waals surface area contributed by atoms with Crippen molar-refractivity contribution in [2.45, 2.75) is 50.6 Å². The fraction of sp³-hybridized carbons (Fsp3) is 0.333. The number of nitrogens with two attached hydrogens (primary N) is 5. The Morgan fingerprint density at radius 3 is 1.08 bits per heavy atom. The van der Waals surface area contributed by atoms with Crippen molar-refractivity contribution >= 4 is 36.4 Å². The summed E-state index contributed by atoms with van der Waals surface area (Å²) in [4.78, 5) is 43.7. The Labute approximate surface area is 375 Å². The summed E-state index contributed by atoms with van der Waals surface area (Å²) < 4.78 is 0. The van der Waals surface area contributed by atoms with Gasteiger partial charge in [-0.15, -0.1) is 0 Å². The number of hydrogen-bond donors (Lipinski definition) is 18. The van der Waals surface area contributed by atoms with Gasteiger partial charge in [0.25, 0.3) is 0 Å². The Balaban J connectivity index is 0.000000795. The third kappa shape index (κ3) is 24.7. The van der Waals surface area contributed by atoms with Crippen molar-refractivity contribution in [3.8, 4) is 46.0 Å². The second kappa shape index (κ2) is 32.1. The highest BCUT2D eigenvalue weighted by atomic mass is 32.1. The van der Waals surface area contributed by atoms with Gasteiger partial charge in [0.1, 0.15) is 18.6 Å². The normalized spacial score (nSPS) is 10.9. The molecule has 4 rings (SSSR count). The molecule has 0 saturated heterocycles. The average Bonchev–Trinajstić information content (AvgIpc) is 3.25. The van der Waals surface area contributed by atoms with Crippen LogP contribution in [0.2, 0.25) is 0 Å². The van der Waals surface area contributed by atoms with Crippen LogP contribution in [0.1, 0.15) is 35.1 Å². The molecule has 0 aliphatic carbocycles. The lowest BCUT2D eigenvalue weighted by molar-refractivity contribution is -0.139. The fourth-order valence-corrected chi connectivity index (χ4v) is 4.98. The zero-order valence-corrected chi connectivity index (χ0v) is 35.9. The minimum Gasteiger partial charge on any atom is -0.504 e. The molecule has 0 bridgehead atoms. The van der Waals surface area contributed by atoms with Crippen molar-refractivity contribution < 1.29 is 70.2 Å². The predicted octanol–water partition coefficient (Wildman–Crippen LogP) is 0.190. The van der Waals surface area contributed by atoms with E-state index in [9.17, 15) is 19.2 Å². The standard InChI is InChI=1S/C10H17N3O6S.4C8H11NO2/c11-5(10(18)19)1-2-7(14)13-6(4-20)9(17)12-3-8(15)16;4*9-4-3-6-1-2-7(10)8(11)5-6/h5-6,20H,1-4,11H2,(H,12,17)(H,13,14)(H,15,16)(H,18,19);4*1-2,5,10-11H,3-4,9H2. The van der Waals surface area contributed by atoms with Crippen molar-refractivity contribution in [3.63, 3.8) is 0 Å². The topological polar surface area (TPSA) is 425 Å². The van der Waals surface area contributed by atoms with Crippen LogP contribution in [0.5, 0.6) is 46.0 Å². The molecule has 0 fully saturated rings. The number of nitrogens with one attached hydrogen (secondary N) is 2. The van der Waals surface area contributed by atoms with E-state index >= 15 is 0 Å². The number of benzene rings is 4. The van der Waals surface area contributed by atoms with Gasteiger partial charge >= 0.3 is 11.9 Å². The van der Waals surface area contributed by atoms with E-state index in [1.54, 1.807) is 24.3 Å². The number of carbonyl (C=O) groups is 4. The highest BCUT2D eigenvalue weighted by Gasteiger charge is 2.21. The van der Waals surface area contributed by atoms with Crippen LogP contribution in [0.15, 0.2) is 72.8 Å². The van der Waals surface area contributed by atoms with Crippen LogP contribution in [-0.4, -0.2) is 125 Å². The Kier molecular flexibility index (Phi) is 28.7. The average molecular weight is 920 g/mol. The SMILES string of the molecule is NC(CCC(=O)NC(CS)C(=O)NCC(=O)O)C(=O)O.NCCc1ccc(O)c(O)c1.NCCc1ccc(O)c(O)c1.NCCc1ccc(O)c(O)c1.NCCc1ccc(O)c(O)c1. The molecule has 0 saturated carbocycles. The van der Waals surface area contributed by atoms with Crippen LogP contribution in [0.25, 0.3) is 0 Å². The van der Waals surface area contributed by atoms with E-state index < -0.39 is 42.4 Å². The summed E-state index contributed by atoms with van der Waals surface area (Å²) in [5, 5.41) is 93.2. The Bertz CT molecular complexity index is 1830. The van der Waals surface area contributed by atoms with Gasteiger partial charge in [-0.1, -0.05) is 24.3 Å². The minimum absolute atomic E-state index is 0.0256. The van der Waals surface area contributed by atoms with Crippen molar-refractivity contribution in [1.29, 1.82) is 0 Å². The van der Waals surface area contributed by atoms with E-state index in [2.05, 4.69) is 23.3 Å². The monoisotopic (exact) mass is 919 g/mol. The molecule has 22 heteroatoms. The van der Waals surface area contributed by atoms with Crippen molar-refractivity contribution in [2.75, 3.05) is 38.5 Å². The van der Waals surface area contributed by atoms with E-state index in [1.807, 2.05) is 0 Å². The van der Waals surface area contributed by atoms with Crippen molar-refractivity contribution in [1.82, 2.24) is 10.6 Å². The van der Waals surface area contributed by atoms with Gasteiger partial charge in [-0.2, -0.15) is 12.6 Å². The van der Waals surface area contributed by atoms with Gasteiger partial charge in [-0.3, -0.25) is 19.2 Å². The molecule has 0 aliphatic rings. The molecule has 354 valence electrons. The van der Waals surface area contributed by atoms with E-state index in [-0.39, 0.29) is 64.6 Å². The van der Waals surface area contributed by atoms with Crippen molar-refractivity contribution in [3.05, 3.63) is 95.1 Å². The first-order chi connectivity index (χ1) is 30.2. The largest absolute Gasteiger partial charge is 0.504 e. The number of aromatic hydroxyl groups is 8. The molecule has 0 aliphatic heterocycles. The first-order valence-electron chi connectivity index (χ1n) is 19.4. The maximum Gasteiger partial charge on any atom is 0.322 e. The quantitative estimate of drug-likeness (QED) is 0.0496. The zero-order chi connectivity index (χ0) is 48.8. The van der Waals surface area contributed by atoms with E-state index in [1.165, 1.54) is 48.5 Å². The number of carboxylic acid groups (broad SMARTS) is 2. The Morgan fingerprint density at radius 1 is 0.531 bits per heavy atom. The number of phenolic OH excluding ortho intramolecular Hbond substituents is 8. The number of carboxylic acids is 2. The number of rotatable bonds is 17. The van der Waals surface area contributed by atoms with E-state index in [4.69, 9.17) is 79.7 Å². The van der Waals surface area contributed by atoms with Gasteiger partial charge < -0.3 is 90.4 Å². The molecule has 4 aromatic rings. The zero-order valence-electron chi connectivity index (χ0n) is 35.0. The summed E-state index contributed by atoms with van der Waals surface area (Å²) in [5.41, 5.74) is 30.2. The minimum atomic E-state index is -1.22. The van der Waals surface area contributed by atoms with Crippen molar-refractivity contribution in [2.24, 2.45) is 28.7 Å². The van der Waals surface area contributed by atoms with E-state index in [0.717, 1.165) is 22.3 Å². The second-order valence-electron chi connectivity index (χ2n) is 13.3. The summed E-state index contributed by atoms with van der Waals surface area (Å²) in [6, 6.07) is 16.7. The first-order valence-corrected chi connectivity index (χ1v) is 20.1. The number of carbonyl (C=O) groups excluding carboxylic acids is 2. The van der Waals surface area contributed by atoms with Crippen LogP contribution < -0.4 is 39.3 Å². The van der Waals surface area contributed by atoms with Gasteiger partial charge in [-0.05, 0) is 129 Å². The predicted molar refractivity (Wildman–Crippen MR) is 241 cm³/mol. The van der Waals surface area contributed by atoms with Crippen LogP contribution in [0.3, 0.4) is 0 Å². The number of aliphatic carboxylic acids is 2. The smallest absolute Gasteiger partial charge is 0.322 e. The third-order valence-electron chi connectivity index (χ3n) is 8.14. The number of phenols is 8. The second-order valence-corrected chi connectivity index (χ2v) is 13.7. The van der Waals surface area contributed by atoms with Crippen LogP contribution in [-0.2, 0) is 44.9 Å². The molecule has 0 radical (unpaired) electrons. The summed E-state index contributed by atoms with van der Waals surface area (Å²) in [7, 11) is 0. The lowest BCUT2D eigenvalue weighted by Crippen LogP contribution is -2.49. The van der Waals surface area contributed by atoms with Gasteiger partial charge in [0.15, 0.2) is 46.0 Å². The van der Waals surface area contributed by atoms with Crippen LogP contribution in [0, 0.1) is 0 Å². The maximum absolute atomic E-state index is 11.5. The fourth-order valence-electron chi connectivity index (χ4n) is 4.72. The Morgan fingerprint density at radius 2 is 0.844 bits per heavy atom. The molecular formula is C42H61N7O14S. The molecule has 22 N–H and O–H groups in total. The van der Waals surface area contributed by atoms with Crippen LogP contribution in [0.4, 0.5) is 0 Å². The molecule has 0 spiro atoms. The third-order valence-corrected chi connectivity index (χ3v) is 8.50. The number of amides is 2. The van der Waals surface area contributed by atoms with E-state index in [0.29, 0.717) is 51.9 Å². The van der Waals surface area contributed by atoms with Gasteiger partial charge in [0.05, 0.1) is 0 Å². The van der Waals surface area contributed by atoms with Gasteiger partial charge in [0, 0.05) is 12.2 Å². The molecule has 2 amide bonds.